The van der Waals surface area contributed by atoms with Gasteiger partial charge in [0.2, 0.25) is 0 Å². The van der Waals surface area contributed by atoms with Crippen LogP contribution in [0.25, 0.3) is 10.9 Å². The molecule has 0 unspecified atom stereocenters. The Labute approximate surface area is 226 Å². The number of benzene rings is 2. The topological polar surface area (TPSA) is 126 Å². The van der Waals surface area contributed by atoms with Crippen molar-refractivity contribution >= 4 is 44.6 Å². The average Bonchev–Trinajstić information content (AvgIpc) is 3.43. The first-order chi connectivity index (χ1) is 17.8. The molecule has 0 fully saturated rings. The summed E-state index contributed by atoms with van der Waals surface area (Å²) < 4.78 is 14.6. The van der Waals surface area contributed by atoms with Crippen LogP contribution in [0.5, 0.6) is 11.5 Å². The van der Waals surface area contributed by atoms with Crippen LogP contribution in [0.4, 0.5) is 0 Å². The smallest absolute Gasteiger partial charge is 0.340 e. The Hall–Kier alpha value is -3.93. The number of fused-ring (bicyclic) bond motifs is 1. The zero-order valence-corrected chi connectivity index (χ0v) is 22.7. The Bertz CT molecular complexity index is 1600. The lowest BCUT2D eigenvalue weighted by Gasteiger charge is -2.12. The molecule has 0 atom stereocenters. The van der Waals surface area contributed by atoms with Crippen molar-refractivity contribution in [3.8, 4) is 23.6 Å². The second-order valence-electron chi connectivity index (χ2n) is 7.94. The van der Waals surface area contributed by atoms with Gasteiger partial charge in [-0.25, -0.2) is 9.78 Å². The van der Waals surface area contributed by atoms with Gasteiger partial charge >= 0.3 is 5.97 Å². The van der Waals surface area contributed by atoms with Crippen LogP contribution in [0.2, 0.25) is 0 Å². The highest BCUT2D eigenvalue weighted by atomic mass is 79.9. The van der Waals surface area contributed by atoms with Crippen molar-refractivity contribution in [2.75, 3.05) is 13.7 Å². The number of nitriles is 2. The van der Waals surface area contributed by atoms with Gasteiger partial charge in [0.05, 0.1) is 42.1 Å². The molecule has 4 aromatic rings. The fourth-order valence-corrected chi connectivity index (χ4v) is 5.61. The van der Waals surface area contributed by atoms with Crippen LogP contribution in [0.15, 0.2) is 46.0 Å². The number of methoxy groups -OCH3 is 1. The number of hydrogen-bond acceptors (Lipinski definition) is 8. The number of ether oxygens (including phenoxy) is 2. The van der Waals surface area contributed by atoms with Crippen molar-refractivity contribution in [1.29, 1.82) is 10.5 Å². The lowest BCUT2D eigenvalue weighted by atomic mass is 10.0. The van der Waals surface area contributed by atoms with Gasteiger partial charge in [0.1, 0.15) is 23.6 Å². The average molecular weight is 580 g/mol. The third-order valence-corrected chi connectivity index (χ3v) is 7.52. The summed E-state index contributed by atoms with van der Waals surface area (Å²) in [4.78, 5) is 18.3. The highest BCUT2D eigenvalue weighted by Gasteiger charge is 2.28. The minimum absolute atomic E-state index is 0.0118. The summed E-state index contributed by atoms with van der Waals surface area (Å²) in [5.74, 6) is 0.583. The van der Waals surface area contributed by atoms with E-state index in [9.17, 15) is 20.4 Å². The quantitative estimate of drug-likeness (QED) is 0.225. The maximum absolute atomic E-state index is 13.3. The molecule has 0 aliphatic rings. The molecule has 9 nitrogen and oxygen atoms in total. The molecule has 0 radical (unpaired) electrons. The van der Waals surface area contributed by atoms with E-state index in [2.05, 4.69) is 20.9 Å². The molecule has 0 saturated heterocycles. The fourth-order valence-electron chi connectivity index (χ4n) is 4.14. The predicted octanol–water partition coefficient (Wildman–Crippen LogP) is 5.11. The number of hydrogen-bond donors (Lipinski definition) is 1. The van der Waals surface area contributed by atoms with Gasteiger partial charge in [-0.2, -0.15) is 10.5 Å². The van der Waals surface area contributed by atoms with E-state index in [1.54, 1.807) is 20.1 Å². The van der Waals surface area contributed by atoms with E-state index < -0.39 is 5.97 Å². The summed E-state index contributed by atoms with van der Waals surface area (Å²) in [5.41, 5.74) is 2.21. The van der Waals surface area contributed by atoms with Crippen LogP contribution >= 0.6 is 27.7 Å². The molecule has 4 rings (SSSR count). The minimum Gasteiger partial charge on any atom is -0.506 e. The van der Waals surface area contributed by atoms with Crippen molar-refractivity contribution in [2.45, 2.75) is 24.1 Å². The zero-order chi connectivity index (χ0) is 26.7. The third-order valence-electron chi connectivity index (χ3n) is 5.91. The van der Waals surface area contributed by atoms with Crippen LogP contribution < -0.4 is 4.74 Å². The van der Waals surface area contributed by atoms with Gasteiger partial charge in [0.25, 0.3) is 0 Å². The van der Waals surface area contributed by atoms with Crippen LogP contribution in [-0.4, -0.2) is 38.9 Å². The number of imidazole rings is 1. The minimum atomic E-state index is -0.513. The second kappa shape index (κ2) is 11.0. The molecular weight excluding hydrogens is 558 g/mol. The highest BCUT2D eigenvalue weighted by molar-refractivity contribution is 9.10. The molecule has 1 N–H and O–H groups in total. The van der Waals surface area contributed by atoms with E-state index in [1.165, 1.54) is 22.7 Å². The lowest BCUT2D eigenvalue weighted by Crippen LogP contribution is -2.09. The van der Waals surface area contributed by atoms with E-state index in [1.807, 2.05) is 48.0 Å². The maximum atomic E-state index is 13.3. The Kier molecular flexibility index (Phi) is 7.77. The van der Waals surface area contributed by atoms with Gasteiger partial charge in [-0.15, -0.1) is 11.8 Å². The Morgan fingerprint density at radius 3 is 2.73 bits per heavy atom. The summed E-state index contributed by atoms with van der Waals surface area (Å²) in [7, 11) is 3.46. The molecule has 0 saturated carbocycles. The van der Waals surface area contributed by atoms with Crippen LogP contribution in [0.1, 0.15) is 39.9 Å². The number of aromatic hydroxyl groups is 1. The normalized spacial score (nSPS) is 10.8. The first-order valence-corrected chi connectivity index (χ1v) is 12.9. The number of esters is 1. The number of nitrogens with zero attached hydrogens (tertiary/aromatic N) is 5. The van der Waals surface area contributed by atoms with E-state index >= 15 is 0 Å². The number of carbonyl (C=O) groups is 1. The van der Waals surface area contributed by atoms with Crippen molar-refractivity contribution < 1.29 is 19.4 Å². The first-order valence-electron chi connectivity index (χ1n) is 11.1. The number of halogens is 1. The highest BCUT2D eigenvalue weighted by Crippen LogP contribution is 2.41. The number of thioether (sulfide) groups is 1. The summed E-state index contributed by atoms with van der Waals surface area (Å²) in [6.07, 6.45) is 1.37. The molecule has 0 aliphatic heterocycles. The van der Waals surface area contributed by atoms with Crippen LogP contribution in [-0.2, 0) is 24.1 Å². The molecule has 11 heteroatoms. The Morgan fingerprint density at radius 2 is 2.05 bits per heavy atom. The van der Waals surface area contributed by atoms with E-state index in [0.717, 1.165) is 10.6 Å². The van der Waals surface area contributed by atoms with Crippen molar-refractivity contribution in [2.24, 2.45) is 7.05 Å². The largest absolute Gasteiger partial charge is 0.506 e. The monoisotopic (exact) mass is 579 g/mol. The summed E-state index contributed by atoms with van der Waals surface area (Å²) in [6.45, 7) is 1.93. The molecule has 2 aromatic heterocycles. The SMILES string of the molecule is CCOC(=O)c1c(CSc2cccc(OC)c2)n(C)c2cc(Br)c(O)c(Cn3cnc(C#N)c3C#N)c12. The lowest BCUT2D eigenvalue weighted by molar-refractivity contribution is 0.0527. The van der Waals surface area contributed by atoms with Crippen molar-refractivity contribution in [3.05, 3.63) is 69.3 Å². The molecule has 0 aliphatic carbocycles. The van der Waals surface area contributed by atoms with Gasteiger partial charge in [0.15, 0.2) is 11.4 Å². The number of phenols is 1. The summed E-state index contributed by atoms with van der Waals surface area (Å²) in [5, 5.41) is 30.5. The van der Waals surface area contributed by atoms with E-state index in [4.69, 9.17) is 9.47 Å². The summed E-state index contributed by atoms with van der Waals surface area (Å²) >= 11 is 4.96. The summed E-state index contributed by atoms with van der Waals surface area (Å²) in [6, 6.07) is 13.3. The zero-order valence-electron chi connectivity index (χ0n) is 20.3. The molecule has 0 bridgehead atoms. The van der Waals surface area contributed by atoms with E-state index in [0.29, 0.717) is 37.9 Å². The molecule has 0 spiro atoms. The molecule has 0 amide bonds. The number of carbonyl (C=O) groups excluding carboxylic acids is 1. The van der Waals surface area contributed by atoms with Gasteiger partial charge < -0.3 is 23.7 Å². The number of aromatic nitrogens is 3. The predicted molar refractivity (Wildman–Crippen MR) is 142 cm³/mol. The van der Waals surface area contributed by atoms with Crippen molar-refractivity contribution in [1.82, 2.24) is 14.1 Å². The second-order valence-corrected chi connectivity index (χ2v) is 9.84. The van der Waals surface area contributed by atoms with Crippen LogP contribution in [0, 0.1) is 22.7 Å². The number of rotatable bonds is 8. The molecule has 2 heterocycles. The molecule has 2 aromatic carbocycles. The first kappa shape index (κ1) is 26.1. The number of aryl methyl sites for hydroxylation is 1. The molecular formula is C26H22BrN5O4S. The van der Waals surface area contributed by atoms with Crippen LogP contribution in [0.3, 0.4) is 0 Å². The standard InChI is InChI=1S/C26H22BrN5O4S/c1-4-36-26(34)24-22(13-37-16-7-5-6-15(8-16)35-3)31(2)20-9-18(27)25(33)17(23(20)24)12-32-14-30-19(10-28)21(32)11-29/h5-9,14,33H,4,12-13H2,1-3H3. The number of phenolic OH excluding ortho intramolecular Hbond substituents is 1. The Morgan fingerprint density at radius 1 is 1.27 bits per heavy atom. The van der Waals surface area contributed by atoms with Gasteiger partial charge in [-0.3, -0.25) is 0 Å². The van der Waals surface area contributed by atoms with E-state index in [-0.39, 0.29) is 30.3 Å². The molecule has 37 heavy (non-hydrogen) atoms. The van der Waals surface area contributed by atoms with Crippen molar-refractivity contribution in [3.63, 3.8) is 0 Å². The maximum Gasteiger partial charge on any atom is 0.340 e. The fraction of sp³-hybridized carbons (Fsp3) is 0.231. The van der Waals surface area contributed by atoms with Gasteiger partial charge in [-0.05, 0) is 47.1 Å². The van der Waals surface area contributed by atoms with Gasteiger partial charge in [-0.1, -0.05) is 6.07 Å². The molecule has 188 valence electrons. The third kappa shape index (κ3) is 4.88. The Balaban J connectivity index is 1.91. The van der Waals surface area contributed by atoms with Gasteiger partial charge in [0, 0.05) is 34.3 Å².